The third-order valence-corrected chi connectivity index (χ3v) is 4.45. The molecule has 3 rings (SSSR count). The smallest absolute Gasteiger partial charge is 0.0669 e. The molecule has 3 fully saturated rings. The summed E-state index contributed by atoms with van der Waals surface area (Å²) >= 11 is 18.5. The Labute approximate surface area is 75.8 Å². The van der Waals surface area contributed by atoms with Crippen LogP contribution in [0.25, 0.3) is 0 Å². The first-order valence-corrected chi connectivity index (χ1v) is 4.57. The van der Waals surface area contributed by atoms with E-state index in [0.717, 1.165) is 19.3 Å². The van der Waals surface area contributed by atoms with Crippen LogP contribution in [-0.4, -0.2) is 14.6 Å². The van der Waals surface area contributed by atoms with Crippen LogP contribution < -0.4 is 0 Å². The average molecular weight is 200 g/mol. The summed E-state index contributed by atoms with van der Waals surface area (Å²) in [5.41, 5.74) is 0. The third kappa shape index (κ3) is 0.707. The second-order valence-electron chi connectivity index (χ2n) is 3.84. The lowest BCUT2D eigenvalue weighted by atomic mass is 9.81. The Balaban J connectivity index is 2.33. The van der Waals surface area contributed by atoms with E-state index >= 15 is 0 Å². The van der Waals surface area contributed by atoms with E-state index in [9.17, 15) is 0 Å². The molecule has 0 unspecified atom stereocenters. The molecule has 3 aliphatic carbocycles. The molecule has 0 aromatic rings. The van der Waals surface area contributed by atoms with Gasteiger partial charge in [-0.1, -0.05) is 0 Å². The van der Waals surface area contributed by atoms with E-state index in [-0.39, 0.29) is 14.6 Å². The van der Waals surface area contributed by atoms with Crippen LogP contribution in [0.2, 0.25) is 0 Å². The number of hydrogen-bond donors (Lipinski definition) is 0. The minimum atomic E-state index is -0.268. The van der Waals surface area contributed by atoms with Gasteiger partial charge in [0, 0.05) is 4.87 Å². The zero-order chi connectivity index (χ0) is 7.62. The summed E-state index contributed by atoms with van der Waals surface area (Å²) in [5, 5.41) is 0. The summed E-state index contributed by atoms with van der Waals surface area (Å²) in [6.45, 7) is 1.98. The van der Waals surface area contributed by atoms with Gasteiger partial charge in [-0.2, -0.15) is 0 Å². The van der Waals surface area contributed by atoms with Gasteiger partial charge in [-0.05, 0) is 26.2 Å². The second kappa shape index (κ2) is 1.62. The molecule has 0 aromatic heterocycles. The van der Waals surface area contributed by atoms with Gasteiger partial charge in [-0.25, -0.2) is 0 Å². The molecule has 10 heavy (non-hydrogen) atoms. The Morgan fingerprint density at radius 2 is 1.50 bits per heavy atom. The fraction of sp³-hybridized carbons (Fsp3) is 1.00. The fourth-order valence-electron chi connectivity index (χ4n) is 2.20. The van der Waals surface area contributed by atoms with E-state index in [0.29, 0.717) is 0 Å². The van der Waals surface area contributed by atoms with Gasteiger partial charge in [-0.15, -0.1) is 34.8 Å². The lowest BCUT2D eigenvalue weighted by molar-refractivity contribution is 0.347. The number of fused-ring (bicyclic) bond motifs is 1. The molecule has 0 N–H and O–H groups in total. The maximum absolute atomic E-state index is 6.20. The SMILES string of the molecule is C[C@@]1(Cl)CC2(Cl)CC1(Cl)C2. The number of alkyl halides is 3. The van der Waals surface area contributed by atoms with Crippen molar-refractivity contribution in [3.05, 3.63) is 0 Å². The fourth-order valence-corrected chi connectivity index (χ4v) is 4.10. The first-order valence-electron chi connectivity index (χ1n) is 3.44. The van der Waals surface area contributed by atoms with Crippen molar-refractivity contribution >= 4 is 34.8 Å². The summed E-state index contributed by atoms with van der Waals surface area (Å²) in [6, 6.07) is 0. The van der Waals surface area contributed by atoms with Crippen molar-refractivity contribution in [3.8, 4) is 0 Å². The van der Waals surface area contributed by atoms with E-state index in [1.807, 2.05) is 6.92 Å². The summed E-state index contributed by atoms with van der Waals surface area (Å²) in [5.74, 6) is 0. The van der Waals surface area contributed by atoms with E-state index in [1.54, 1.807) is 0 Å². The van der Waals surface area contributed by atoms with Crippen molar-refractivity contribution in [3.63, 3.8) is 0 Å². The molecule has 0 radical (unpaired) electrons. The molecule has 3 saturated carbocycles. The van der Waals surface area contributed by atoms with Crippen molar-refractivity contribution in [1.82, 2.24) is 0 Å². The van der Waals surface area contributed by atoms with Crippen LogP contribution in [0.15, 0.2) is 0 Å². The minimum absolute atomic E-state index is 0.0573. The molecule has 0 amide bonds. The Bertz CT molecular complexity index is 177. The van der Waals surface area contributed by atoms with Crippen LogP contribution in [0.5, 0.6) is 0 Å². The molecular formula is C7H9Cl3. The van der Waals surface area contributed by atoms with Crippen molar-refractivity contribution in [2.75, 3.05) is 0 Å². The summed E-state index contributed by atoms with van der Waals surface area (Å²) in [4.78, 5) is -0.523. The zero-order valence-corrected chi connectivity index (χ0v) is 8.02. The van der Waals surface area contributed by atoms with Crippen LogP contribution in [0.1, 0.15) is 26.2 Å². The molecule has 1 atom stereocenters. The van der Waals surface area contributed by atoms with E-state index in [4.69, 9.17) is 34.8 Å². The van der Waals surface area contributed by atoms with Gasteiger partial charge in [0.15, 0.2) is 0 Å². The van der Waals surface area contributed by atoms with Crippen molar-refractivity contribution in [2.45, 2.75) is 40.8 Å². The minimum Gasteiger partial charge on any atom is -0.119 e. The third-order valence-electron chi connectivity index (χ3n) is 2.78. The highest BCUT2D eigenvalue weighted by molar-refractivity contribution is 6.40. The Kier molecular flexibility index (Phi) is 1.22. The Morgan fingerprint density at radius 1 is 1.00 bits per heavy atom. The highest BCUT2D eigenvalue weighted by atomic mass is 35.5. The van der Waals surface area contributed by atoms with Gasteiger partial charge in [0.25, 0.3) is 0 Å². The Hall–Kier alpha value is 0.870. The summed E-state index contributed by atoms with van der Waals surface area (Å²) < 4.78 is 0. The van der Waals surface area contributed by atoms with Crippen molar-refractivity contribution in [2.24, 2.45) is 0 Å². The average Bonchev–Trinajstić information content (AvgIpc) is 1.79. The molecule has 0 spiro atoms. The van der Waals surface area contributed by atoms with E-state index < -0.39 is 0 Å². The second-order valence-corrected chi connectivity index (χ2v) is 6.20. The zero-order valence-electron chi connectivity index (χ0n) is 5.76. The number of halogens is 3. The Morgan fingerprint density at radius 3 is 1.60 bits per heavy atom. The topological polar surface area (TPSA) is 0 Å². The largest absolute Gasteiger partial charge is 0.119 e. The van der Waals surface area contributed by atoms with Gasteiger partial charge in [0.2, 0.25) is 0 Å². The van der Waals surface area contributed by atoms with Crippen LogP contribution in [0, 0.1) is 0 Å². The van der Waals surface area contributed by atoms with Crippen LogP contribution >= 0.6 is 34.8 Å². The molecule has 3 heteroatoms. The van der Waals surface area contributed by atoms with Gasteiger partial charge < -0.3 is 0 Å². The molecule has 0 aromatic carbocycles. The number of hydrogen-bond acceptors (Lipinski definition) is 0. The van der Waals surface area contributed by atoms with Crippen LogP contribution in [0.3, 0.4) is 0 Å². The van der Waals surface area contributed by atoms with Gasteiger partial charge in [0.1, 0.15) is 0 Å². The molecule has 0 nitrogen and oxygen atoms in total. The maximum atomic E-state index is 6.20. The monoisotopic (exact) mass is 198 g/mol. The van der Waals surface area contributed by atoms with Crippen LogP contribution in [0.4, 0.5) is 0 Å². The lowest BCUT2D eigenvalue weighted by Gasteiger charge is -2.41. The van der Waals surface area contributed by atoms with Crippen molar-refractivity contribution in [1.29, 1.82) is 0 Å². The molecular weight excluding hydrogens is 190 g/mol. The molecule has 3 aliphatic rings. The standard InChI is InChI=1S/C7H9Cl3/c1-5(8)2-6(9)3-7(5,10)4-6/h2-4H2,1H3/t5-,6?,7?/m1/s1. The molecule has 0 saturated heterocycles. The predicted octanol–water partition coefficient (Wildman–Crippen LogP) is 3.14. The van der Waals surface area contributed by atoms with E-state index in [2.05, 4.69) is 0 Å². The molecule has 2 bridgehead atoms. The lowest BCUT2D eigenvalue weighted by Crippen LogP contribution is -2.45. The molecule has 0 heterocycles. The highest BCUT2D eigenvalue weighted by Crippen LogP contribution is 2.69. The van der Waals surface area contributed by atoms with Crippen molar-refractivity contribution < 1.29 is 0 Å². The first kappa shape index (κ1) is 7.52. The molecule has 58 valence electrons. The van der Waals surface area contributed by atoms with E-state index in [1.165, 1.54) is 0 Å². The summed E-state index contributed by atoms with van der Waals surface area (Å²) in [6.07, 6.45) is 2.61. The highest BCUT2D eigenvalue weighted by Gasteiger charge is 2.70. The summed E-state index contributed by atoms with van der Waals surface area (Å²) in [7, 11) is 0. The van der Waals surface area contributed by atoms with Gasteiger partial charge in [0.05, 0.1) is 9.75 Å². The van der Waals surface area contributed by atoms with Gasteiger partial charge in [-0.3, -0.25) is 0 Å². The normalized spacial score (nSPS) is 66.0. The van der Waals surface area contributed by atoms with Crippen LogP contribution in [-0.2, 0) is 0 Å². The molecule has 0 aliphatic heterocycles. The first-order chi connectivity index (χ1) is 4.37. The number of rotatable bonds is 0. The van der Waals surface area contributed by atoms with Gasteiger partial charge >= 0.3 is 0 Å². The quantitative estimate of drug-likeness (QED) is 0.526. The predicted molar refractivity (Wildman–Crippen MR) is 45.3 cm³/mol. The maximum Gasteiger partial charge on any atom is 0.0669 e.